The number of rotatable bonds is 3. The number of aromatic carboxylic acids is 1. The van der Waals surface area contributed by atoms with Gasteiger partial charge in [-0.1, -0.05) is 12.1 Å². The van der Waals surface area contributed by atoms with E-state index in [0.29, 0.717) is 0 Å². The maximum absolute atomic E-state index is 13.4. The van der Waals surface area contributed by atoms with Gasteiger partial charge in [-0.25, -0.2) is 9.18 Å². The quantitative estimate of drug-likeness (QED) is 0.749. The van der Waals surface area contributed by atoms with Gasteiger partial charge in [-0.15, -0.1) is 0 Å². The van der Waals surface area contributed by atoms with Crippen LogP contribution >= 0.6 is 0 Å². The zero-order valence-electron chi connectivity index (χ0n) is 10.3. The number of carbonyl (C=O) groups is 2. The van der Waals surface area contributed by atoms with E-state index in [1.165, 1.54) is 36.4 Å². The number of hydrogen-bond acceptors (Lipinski definition) is 3. The summed E-state index contributed by atoms with van der Waals surface area (Å²) in [6.45, 7) is 0. The van der Waals surface area contributed by atoms with Crippen molar-refractivity contribution < 1.29 is 19.1 Å². The number of nitrogen functional groups attached to an aromatic ring is 1. The number of benzene rings is 2. The Kier molecular flexibility index (Phi) is 3.65. The third kappa shape index (κ3) is 2.74. The van der Waals surface area contributed by atoms with E-state index in [4.69, 9.17) is 10.8 Å². The molecule has 0 aromatic heterocycles. The molecule has 2 aromatic rings. The van der Waals surface area contributed by atoms with Crippen LogP contribution in [0.5, 0.6) is 0 Å². The lowest BCUT2D eigenvalue weighted by Crippen LogP contribution is -2.14. The normalized spacial score (nSPS) is 10.1. The number of amides is 1. The number of nitrogens with one attached hydrogen (secondary N) is 1. The lowest BCUT2D eigenvalue weighted by atomic mass is 10.1. The average molecular weight is 274 g/mol. The number of anilines is 2. The smallest absolute Gasteiger partial charge is 0.337 e. The Labute approximate surface area is 113 Å². The molecule has 2 aromatic carbocycles. The summed E-state index contributed by atoms with van der Waals surface area (Å²) >= 11 is 0. The molecule has 0 saturated heterocycles. The third-order valence-corrected chi connectivity index (χ3v) is 2.67. The fourth-order valence-electron chi connectivity index (χ4n) is 1.66. The highest BCUT2D eigenvalue weighted by molar-refractivity contribution is 6.06. The van der Waals surface area contributed by atoms with Gasteiger partial charge in [0.05, 0.1) is 11.3 Å². The standard InChI is InChI=1S/C14H11FN2O3/c15-10-3-1-2-4-12(10)17-13(18)8-5-6-9(14(19)20)11(16)7-8/h1-7H,16H2,(H,17,18)(H,19,20). The maximum Gasteiger partial charge on any atom is 0.337 e. The van der Waals surface area contributed by atoms with Crippen LogP contribution in [-0.2, 0) is 0 Å². The molecule has 0 saturated carbocycles. The second-order valence-corrected chi connectivity index (χ2v) is 4.04. The second-order valence-electron chi connectivity index (χ2n) is 4.04. The molecule has 6 heteroatoms. The van der Waals surface area contributed by atoms with Gasteiger partial charge in [0.15, 0.2) is 0 Å². The summed E-state index contributed by atoms with van der Waals surface area (Å²) in [5.41, 5.74) is 5.62. The zero-order chi connectivity index (χ0) is 14.7. The summed E-state index contributed by atoms with van der Waals surface area (Å²) in [4.78, 5) is 22.7. The van der Waals surface area contributed by atoms with Crippen molar-refractivity contribution >= 4 is 23.3 Å². The summed E-state index contributed by atoms with van der Waals surface area (Å²) in [6, 6.07) is 9.51. The Morgan fingerprint density at radius 2 is 1.85 bits per heavy atom. The number of carbonyl (C=O) groups excluding carboxylic acids is 1. The molecule has 0 fully saturated rings. The third-order valence-electron chi connectivity index (χ3n) is 2.67. The van der Waals surface area contributed by atoms with Gasteiger partial charge >= 0.3 is 5.97 Å². The van der Waals surface area contributed by atoms with Crippen LogP contribution in [0.15, 0.2) is 42.5 Å². The Bertz CT molecular complexity index is 686. The first-order chi connectivity index (χ1) is 9.49. The molecule has 0 aliphatic rings. The van der Waals surface area contributed by atoms with Crippen molar-refractivity contribution in [3.63, 3.8) is 0 Å². The van der Waals surface area contributed by atoms with Crippen molar-refractivity contribution in [2.75, 3.05) is 11.1 Å². The number of hydrogen-bond donors (Lipinski definition) is 3. The van der Waals surface area contributed by atoms with E-state index in [9.17, 15) is 14.0 Å². The Morgan fingerprint density at radius 3 is 2.45 bits per heavy atom. The molecule has 102 valence electrons. The minimum absolute atomic E-state index is 0.0290. The molecular weight excluding hydrogens is 263 g/mol. The molecule has 0 bridgehead atoms. The molecule has 0 atom stereocenters. The maximum atomic E-state index is 13.4. The summed E-state index contributed by atoms with van der Waals surface area (Å²) in [5, 5.41) is 11.2. The molecule has 0 spiro atoms. The summed E-state index contributed by atoms with van der Waals surface area (Å²) in [5.74, 6) is -2.31. The number of carboxylic acid groups (broad SMARTS) is 1. The lowest BCUT2D eigenvalue weighted by molar-refractivity contribution is 0.0697. The van der Waals surface area contributed by atoms with Crippen LogP contribution < -0.4 is 11.1 Å². The van der Waals surface area contributed by atoms with Gasteiger partial charge < -0.3 is 16.2 Å². The van der Waals surface area contributed by atoms with Crippen molar-refractivity contribution in [2.24, 2.45) is 0 Å². The van der Waals surface area contributed by atoms with E-state index in [1.807, 2.05) is 0 Å². The Morgan fingerprint density at radius 1 is 1.15 bits per heavy atom. The molecular formula is C14H11FN2O3. The first-order valence-electron chi connectivity index (χ1n) is 5.67. The van der Waals surface area contributed by atoms with Crippen molar-refractivity contribution in [3.05, 3.63) is 59.4 Å². The van der Waals surface area contributed by atoms with E-state index >= 15 is 0 Å². The molecule has 0 aliphatic heterocycles. The van der Waals surface area contributed by atoms with E-state index in [-0.39, 0.29) is 22.5 Å². The van der Waals surface area contributed by atoms with Crippen LogP contribution in [-0.4, -0.2) is 17.0 Å². The van der Waals surface area contributed by atoms with Crippen molar-refractivity contribution in [1.82, 2.24) is 0 Å². The Balaban J connectivity index is 2.24. The molecule has 2 rings (SSSR count). The molecule has 1 amide bonds. The highest BCUT2D eigenvalue weighted by Crippen LogP contribution is 2.17. The fraction of sp³-hybridized carbons (Fsp3) is 0. The first-order valence-corrected chi connectivity index (χ1v) is 5.67. The average Bonchev–Trinajstić information content (AvgIpc) is 2.40. The minimum Gasteiger partial charge on any atom is -0.478 e. The SMILES string of the molecule is Nc1cc(C(=O)Nc2ccccc2F)ccc1C(=O)O. The zero-order valence-corrected chi connectivity index (χ0v) is 10.3. The Hall–Kier alpha value is -2.89. The van der Waals surface area contributed by atoms with Crippen LogP contribution in [0, 0.1) is 5.82 Å². The van der Waals surface area contributed by atoms with E-state index in [0.717, 1.165) is 0 Å². The summed E-state index contributed by atoms with van der Waals surface area (Å²) < 4.78 is 13.4. The lowest BCUT2D eigenvalue weighted by Gasteiger charge is -2.07. The molecule has 0 aliphatic carbocycles. The monoisotopic (exact) mass is 274 g/mol. The minimum atomic E-state index is -1.18. The van der Waals surface area contributed by atoms with Crippen LogP contribution in [0.2, 0.25) is 0 Å². The summed E-state index contributed by atoms with van der Waals surface area (Å²) in [6.07, 6.45) is 0. The predicted molar refractivity (Wildman–Crippen MR) is 72.2 cm³/mol. The van der Waals surface area contributed by atoms with Gasteiger partial charge in [-0.2, -0.15) is 0 Å². The number of halogens is 1. The van der Waals surface area contributed by atoms with Gasteiger partial charge in [-0.3, -0.25) is 4.79 Å². The van der Waals surface area contributed by atoms with Crippen LogP contribution in [0.4, 0.5) is 15.8 Å². The van der Waals surface area contributed by atoms with E-state index in [2.05, 4.69) is 5.32 Å². The van der Waals surface area contributed by atoms with E-state index < -0.39 is 17.7 Å². The topological polar surface area (TPSA) is 92.4 Å². The van der Waals surface area contributed by atoms with Crippen molar-refractivity contribution in [2.45, 2.75) is 0 Å². The van der Waals surface area contributed by atoms with Gasteiger partial charge in [0.2, 0.25) is 0 Å². The second kappa shape index (κ2) is 5.40. The highest BCUT2D eigenvalue weighted by Gasteiger charge is 2.13. The predicted octanol–water partition coefficient (Wildman–Crippen LogP) is 2.36. The molecule has 4 N–H and O–H groups in total. The van der Waals surface area contributed by atoms with Crippen LogP contribution in [0.25, 0.3) is 0 Å². The van der Waals surface area contributed by atoms with Gasteiger partial charge in [-0.05, 0) is 30.3 Å². The van der Waals surface area contributed by atoms with Gasteiger partial charge in [0, 0.05) is 11.3 Å². The van der Waals surface area contributed by atoms with Crippen molar-refractivity contribution in [3.8, 4) is 0 Å². The van der Waals surface area contributed by atoms with Gasteiger partial charge in [0.1, 0.15) is 5.82 Å². The molecule has 0 radical (unpaired) electrons. The molecule has 20 heavy (non-hydrogen) atoms. The van der Waals surface area contributed by atoms with Crippen molar-refractivity contribution in [1.29, 1.82) is 0 Å². The molecule has 0 heterocycles. The van der Waals surface area contributed by atoms with E-state index in [1.54, 1.807) is 6.07 Å². The van der Waals surface area contributed by atoms with Crippen LogP contribution in [0.3, 0.4) is 0 Å². The molecule has 0 unspecified atom stereocenters. The highest BCUT2D eigenvalue weighted by atomic mass is 19.1. The van der Waals surface area contributed by atoms with Gasteiger partial charge in [0.25, 0.3) is 5.91 Å². The fourth-order valence-corrected chi connectivity index (χ4v) is 1.66. The first kappa shape index (κ1) is 13.5. The van der Waals surface area contributed by atoms with Crippen LogP contribution in [0.1, 0.15) is 20.7 Å². The molecule has 5 nitrogen and oxygen atoms in total. The number of carboxylic acids is 1. The largest absolute Gasteiger partial charge is 0.478 e. The number of nitrogens with two attached hydrogens (primary N) is 1. The number of para-hydroxylation sites is 1. The summed E-state index contributed by atoms with van der Waals surface area (Å²) in [7, 11) is 0.